The van der Waals surface area contributed by atoms with Crippen molar-refractivity contribution < 1.29 is 19.8 Å². The van der Waals surface area contributed by atoms with Crippen molar-refractivity contribution >= 4 is 35.2 Å². The summed E-state index contributed by atoms with van der Waals surface area (Å²) in [6.07, 6.45) is 18.8. The molecule has 38 heavy (non-hydrogen) atoms. The highest BCUT2D eigenvalue weighted by molar-refractivity contribution is 6.27. The van der Waals surface area contributed by atoms with Crippen LogP contribution in [0.25, 0.3) is 23.3 Å². The third-order valence-electron chi connectivity index (χ3n) is 6.39. The number of imidazole rings is 2. The molecule has 0 saturated carbocycles. The van der Waals surface area contributed by atoms with Gasteiger partial charge in [-0.3, -0.25) is 0 Å². The molecule has 194 valence electrons. The van der Waals surface area contributed by atoms with Gasteiger partial charge in [0.1, 0.15) is 0 Å². The number of aliphatic carboxylic acids is 2. The van der Waals surface area contributed by atoms with Crippen molar-refractivity contribution in [3.63, 3.8) is 0 Å². The SMILES string of the molecule is C(=C1\CCCc2ccccc21)/c1cnc[nH]1.C(=C1\CCCc2ccccc21)/c1cnc[nH]1.O=C(O)C(=O)O. The van der Waals surface area contributed by atoms with Crippen LogP contribution in [-0.2, 0) is 22.4 Å². The number of allylic oxidation sites excluding steroid dienone is 2. The zero-order chi connectivity index (χ0) is 26.7. The van der Waals surface area contributed by atoms with Crippen molar-refractivity contribution in [3.05, 3.63) is 107 Å². The molecule has 0 radical (unpaired) electrons. The van der Waals surface area contributed by atoms with Crippen LogP contribution in [0.4, 0.5) is 0 Å². The molecule has 2 aromatic heterocycles. The Labute approximate surface area is 220 Å². The number of H-pyrrole nitrogens is 2. The lowest BCUT2D eigenvalue weighted by atomic mass is 9.87. The lowest BCUT2D eigenvalue weighted by molar-refractivity contribution is -0.159. The van der Waals surface area contributed by atoms with E-state index in [1.165, 1.54) is 59.1 Å². The normalized spacial score (nSPS) is 15.8. The third kappa shape index (κ3) is 7.16. The molecule has 4 N–H and O–H groups in total. The van der Waals surface area contributed by atoms with Gasteiger partial charge in [-0.2, -0.15) is 0 Å². The quantitative estimate of drug-likeness (QED) is 0.255. The van der Waals surface area contributed by atoms with E-state index in [0.29, 0.717) is 0 Å². The molecular formula is C30H30N4O4. The third-order valence-corrected chi connectivity index (χ3v) is 6.39. The lowest BCUT2D eigenvalue weighted by Gasteiger charge is -2.18. The summed E-state index contributed by atoms with van der Waals surface area (Å²) in [5.41, 5.74) is 10.8. The number of aryl methyl sites for hydroxylation is 2. The molecule has 8 nitrogen and oxygen atoms in total. The van der Waals surface area contributed by atoms with Crippen LogP contribution in [0.2, 0.25) is 0 Å². The second-order valence-corrected chi connectivity index (χ2v) is 8.98. The van der Waals surface area contributed by atoms with Gasteiger partial charge in [0.15, 0.2) is 0 Å². The standard InChI is InChI=1S/2C14H14N2.C2H2O4/c2*1-2-7-14-11(4-1)5-3-6-12(14)8-13-9-15-10-16-13;3-1(4)2(5)6/h2*1-2,4,7-10H,3,5-6H2,(H,15,16);(H,3,4)(H,5,6)/b2*12-8-;. The minimum absolute atomic E-state index is 1.09. The minimum Gasteiger partial charge on any atom is -0.473 e. The monoisotopic (exact) mass is 510 g/mol. The van der Waals surface area contributed by atoms with E-state index < -0.39 is 11.9 Å². The van der Waals surface area contributed by atoms with E-state index in [0.717, 1.165) is 24.2 Å². The maximum absolute atomic E-state index is 9.10. The summed E-state index contributed by atoms with van der Waals surface area (Å²) >= 11 is 0. The molecule has 0 aliphatic heterocycles. The number of carboxylic acid groups (broad SMARTS) is 2. The number of carboxylic acids is 2. The van der Waals surface area contributed by atoms with E-state index >= 15 is 0 Å². The number of aromatic amines is 2. The summed E-state index contributed by atoms with van der Waals surface area (Å²) in [6, 6.07) is 17.4. The van der Waals surface area contributed by atoms with Gasteiger partial charge in [0.05, 0.1) is 36.4 Å². The van der Waals surface area contributed by atoms with Crippen molar-refractivity contribution in [1.29, 1.82) is 0 Å². The van der Waals surface area contributed by atoms with Crippen LogP contribution in [0, 0.1) is 0 Å². The summed E-state index contributed by atoms with van der Waals surface area (Å²) in [5, 5.41) is 14.8. The Morgan fingerprint density at radius 1 is 0.658 bits per heavy atom. The largest absolute Gasteiger partial charge is 0.473 e. The zero-order valence-electron chi connectivity index (χ0n) is 20.9. The number of nitrogens with one attached hydrogen (secondary N) is 2. The number of nitrogens with zero attached hydrogens (tertiary/aromatic N) is 2. The number of carbonyl (C=O) groups is 2. The molecule has 6 rings (SSSR count). The smallest absolute Gasteiger partial charge is 0.414 e. The lowest BCUT2D eigenvalue weighted by Crippen LogP contribution is -2.09. The van der Waals surface area contributed by atoms with Gasteiger partial charge in [0.25, 0.3) is 0 Å². The van der Waals surface area contributed by atoms with Crippen molar-refractivity contribution in [2.24, 2.45) is 0 Å². The maximum atomic E-state index is 9.10. The van der Waals surface area contributed by atoms with Crippen LogP contribution in [0.15, 0.2) is 73.6 Å². The van der Waals surface area contributed by atoms with Crippen LogP contribution in [0.5, 0.6) is 0 Å². The van der Waals surface area contributed by atoms with Crippen molar-refractivity contribution in [2.45, 2.75) is 38.5 Å². The number of rotatable bonds is 2. The number of aromatic nitrogens is 4. The molecule has 8 heteroatoms. The molecule has 2 aromatic carbocycles. The Bertz CT molecular complexity index is 1310. The molecule has 0 unspecified atom stereocenters. The van der Waals surface area contributed by atoms with E-state index in [1.54, 1.807) is 12.7 Å². The van der Waals surface area contributed by atoms with Gasteiger partial charge in [-0.15, -0.1) is 0 Å². The molecular weight excluding hydrogens is 480 g/mol. The Morgan fingerprint density at radius 2 is 1.08 bits per heavy atom. The van der Waals surface area contributed by atoms with Crippen LogP contribution >= 0.6 is 0 Å². The summed E-state index contributed by atoms with van der Waals surface area (Å²) in [7, 11) is 0. The van der Waals surface area contributed by atoms with Crippen molar-refractivity contribution in [3.8, 4) is 0 Å². The zero-order valence-corrected chi connectivity index (χ0v) is 20.9. The summed E-state index contributed by atoms with van der Waals surface area (Å²) < 4.78 is 0. The van der Waals surface area contributed by atoms with Gasteiger partial charge in [-0.1, -0.05) is 48.5 Å². The summed E-state index contributed by atoms with van der Waals surface area (Å²) in [6.45, 7) is 0. The number of benzene rings is 2. The first-order valence-electron chi connectivity index (χ1n) is 12.5. The van der Waals surface area contributed by atoms with Gasteiger partial charge in [0, 0.05) is 0 Å². The van der Waals surface area contributed by atoms with Crippen molar-refractivity contribution in [2.75, 3.05) is 0 Å². The molecule has 2 aliphatic carbocycles. The number of hydrogen-bond acceptors (Lipinski definition) is 4. The van der Waals surface area contributed by atoms with Crippen LogP contribution in [-0.4, -0.2) is 42.1 Å². The summed E-state index contributed by atoms with van der Waals surface area (Å²) in [4.78, 5) is 32.5. The van der Waals surface area contributed by atoms with Crippen LogP contribution < -0.4 is 0 Å². The van der Waals surface area contributed by atoms with Gasteiger partial charge in [-0.25, -0.2) is 19.6 Å². The summed E-state index contributed by atoms with van der Waals surface area (Å²) in [5.74, 6) is -3.65. The first-order valence-corrected chi connectivity index (χ1v) is 12.5. The molecule has 0 bridgehead atoms. The predicted molar refractivity (Wildman–Crippen MR) is 147 cm³/mol. The van der Waals surface area contributed by atoms with Gasteiger partial charge in [0.2, 0.25) is 0 Å². The molecule has 0 spiro atoms. The fourth-order valence-corrected chi connectivity index (χ4v) is 4.68. The van der Waals surface area contributed by atoms with Crippen molar-refractivity contribution in [1.82, 2.24) is 19.9 Å². The van der Waals surface area contributed by atoms with Crippen LogP contribution in [0.3, 0.4) is 0 Å². The highest BCUT2D eigenvalue weighted by atomic mass is 16.4. The molecule has 0 amide bonds. The Kier molecular flexibility index (Phi) is 9.02. The fraction of sp³-hybridized carbons (Fsp3) is 0.200. The molecule has 0 saturated heterocycles. The minimum atomic E-state index is -1.82. The predicted octanol–water partition coefficient (Wildman–Crippen LogP) is 5.73. The fourth-order valence-electron chi connectivity index (χ4n) is 4.68. The molecule has 2 aliphatic rings. The maximum Gasteiger partial charge on any atom is 0.414 e. The first kappa shape index (κ1) is 26.3. The molecule has 0 fully saturated rings. The second-order valence-electron chi connectivity index (χ2n) is 8.98. The molecule has 2 heterocycles. The topological polar surface area (TPSA) is 132 Å². The Balaban J connectivity index is 0.000000147. The molecule has 4 aromatic rings. The highest BCUT2D eigenvalue weighted by Crippen LogP contribution is 2.32. The van der Waals surface area contributed by atoms with Gasteiger partial charge < -0.3 is 20.2 Å². The van der Waals surface area contributed by atoms with Gasteiger partial charge in [-0.05, 0) is 84.1 Å². The number of fused-ring (bicyclic) bond motifs is 2. The van der Waals surface area contributed by atoms with E-state index in [2.05, 4.69) is 80.6 Å². The van der Waals surface area contributed by atoms with Gasteiger partial charge >= 0.3 is 11.9 Å². The van der Waals surface area contributed by atoms with Crippen LogP contribution in [0.1, 0.15) is 59.3 Å². The first-order chi connectivity index (χ1) is 18.5. The highest BCUT2D eigenvalue weighted by Gasteiger charge is 2.14. The van der Waals surface area contributed by atoms with E-state index in [1.807, 2.05) is 12.4 Å². The average Bonchev–Trinajstić information content (AvgIpc) is 3.65. The van der Waals surface area contributed by atoms with E-state index in [4.69, 9.17) is 19.8 Å². The second kappa shape index (κ2) is 13.0. The van der Waals surface area contributed by atoms with E-state index in [9.17, 15) is 0 Å². The number of hydrogen-bond donors (Lipinski definition) is 4. The Morgan fingerprint density at radius 3 is 1.45 bits per heavy atom. The van der Waals surface area contributed by atoms with E-state index in [-0.39, 0.29) is 0 Å². The Hall–Kier alpha value is -4.72. The average molecular weight is 511 g/mol. The molecule has 0 atom stereocenters.